The molecule has 0 radical (unpaired) electrons. The summed E-state index contributed by atoms with van der Waals surface area (Å²) in [6.45, 7) is 6.07. The van der Waals surface area contributed by atoms with Gasteiger partial charge in [0.25, 0.3) is 0 Å². The van der Waals surface area contributed by atoms with Crippen LogP contribution < -0.4 is 10.5 Å². The molecule has 0 fully saturated rings. The largest absolute Gasteiger partial charge is 0.495 e. The van der Waals surface area contributed by atoms with E-state index in [1.807, 2.05) is 27.0 Å². The standard InChI is InChI=1S/C14H19BrN2O/c1-8-6-9-11(15)13(14(2,3)16)17(4)12(9)10(7-8)18-5/h6-7H,16H2,1-5H3. The molecule has 0 aliphatic carbocycles. The number of benzene rings is 1. The number of halogens is 1. The second-order valence-electron chi connectivity index (χ2n) is 5.31. The van der Waals surface area contributed by atoms with Crippen molar-refractivity contribution in [3.05, 3.63) is 27.9 Å². The van der Waals surface area contributed by atoms with Crippen molar-refractivity contribution in [1.29, 1.82) is 0 Å². The van der Waals surface area contributed by atoms with Crippen LogP contribution in [-0.4, -0.2) is 11.7 Å². The molecule has 0 saturated heterocycles. The fourth-order valence-corrected chi connectivity index (χ4v) is 3.60. The van der Waals surface area contributed by atoms with Gasteiger partial charge in [0.05, 0.1) is 23.9 Å². The van der Waals surface area contributed by atoms with Gasteiger partial charge in [-0.1, -0.05) is 0 Å². The Morgan fingerprint density at radius 2 is 1.94 bits per heavy atom. The van der Waals surface area contributed by atoms with Gasteiger partial charge < -0.3 is 15.0 Å². The molecule has 0 unspecified atom stereocenters. The number of nitrogens with zero attached hydrogens (tertiary/aromatic N) is 1. The van der Waals surface area contributed by atoms with Crippen molar-refractivity contribution in [2.24, 2.45) is 12.8 Å². The summed E-state index contributed by atoms with van der Waals surface area (Å²) in [4.78, 5) is 0. The highest BCUT2D eigenvalue weighted by Gasteiger charge is 2.26. The van der Waals surface area contributed by atoms with Crippen molar-refractivity contribution in [3.8, 4) is 5.75 Å². The van der Waals surface area contributed by atoms with Gasteiger partial charge >= 0.3 is 0 Å². The average Bonchev–Trinajstić information content (AvgIpc) is 2.49. The molecule has 2 N–H and O–H groups in total. The highest BCUT2D eigenvalue weighted by atomic mass is 79.9. The summed E-state index contributed by atoms with van der Waals surface area (Å²) in [7, 11) is 3.72. The molecule has 0 saturated carbocycles. The average molecular weight is 311 g/mol. The van der Waals surface area contributed by atoms with E-state index in [-0.39, 0.29) is 0 Å². The van der Waals surface area contributed by atoms with Crippen LogP contribution in [0.3, 0.4) is 0 Å². The first kappa shape index (κ1) is 13.4. The van der Waals surface area contributed by atoms with Crippen LogP contribution in [0, 0.1) is 6.92 Å². The Labute approximate surface area is 116 Å². The van der Waals surface area contributed by atoms with Crippen LogP contribution in [0.25, 0.3) is 10.9 Å². The van der Waals surface area contributed by atoms with Crippen molar-refractivity contribution < 1.29 is 4.74 Å². The minimum Gasteiger partial charge on any atom is -0.495 e. The Morgan fingerprint density at radius 1 is 1.33 bits per heavy atom. The van der Waals surface area contributed by atoms with Crippen molar-refractivity contribution in [3.63, 3.8) is 0 Å². The van der Waals surface area contributed by atoms with Crippen LogP contribution in [-0.2, 0) is 12.6 Å². The summed E-state index contributed by atoms with van der Waals surface area (Å²) in [5, 5.41) is 1.14. The molecule has 1 aromatic heterocycles. The monoisotopic (exact) mass is 310 g/mol. The van der Waals surface area contributed by atoms with Gasteiger partial charge in [-0.05, 0) is 54.4 Å². The molecule has 0 bridgehead atoms. The number of methoxy groups -OCH3 is 1. The summed E-state index contributed by atoms with van der Waals surface area (Å²) in [6, 6.07) is 4.19. The Kier molecular flexibility index (Phi) is 3.19. The third kappa shape index (κ3) is 1.93. The first-order chi connectivity index (χ1) is 8.27. The van der Waals surface area contributed by atoms with E-state index in [1.54, 1.807) is 7.11 Å². The van der Waals surface area contributed by atoms with E-state index in [9.17, 15) is 0 Å². The maximum Gasteiger partial charge on any atom is 0.143 e. The zero-order chi connectivity index (χ0) is 13.7. The van der Waals surface area contributed by atoms with E-state index < -0.39 is 5.54 Å². The van der Waals surface area contributed by atoms with Crippen LogP contribution in [0.15, 0.2) is 16.6 Å². The molecular formula is C14H19BrN2O. The first-order valence-corrected chi connectivity index (χ1v) is 6.68. The van der Waals surface area contributed by atoms with Crippen molar-refractivity contribution in [2.75, 3.05) is 7.11 Å². The number of aryl methyl sites for hydroxylation is 2. The second kappa shape index (κ2) is 4.28. The topological polar surface area (TPSA) is 40.2 Å². The maximum atomic E-state index is 6.26. The third-order valence-corrected chi connectivity index (χ3v) is 3.97. The highest BCUT2D eigenvalue weighted by molar-refractivity contribution is 9.10. The van der Waals surface area contributed by atoms with E-state index in [0.717, 1.165) is 26.8 Å². The number of hydrogen-bond donors (Lipinski definition) is 1. The fraction of sp³-hybridized carbons (Fsp3) is 0.429. The maximum absolute atomic E-state index is 6.26. The normalized spacial score (nSPS) is 12.2. The van der Waals surface area contributed by atoms with E-state index in [4.69, 9.17) is 10.5 Å². The summed E-state index contributed by atoms with van der Waals surface area (Å²) in [5.74, 6) is 0.878. The van der Waals surface area contributed by atoms with E-state index >= 15 is 0 Å². The van der Waals surface area contributed by atoms with Crippen LogP contribution >= 0.6 is 15.9 Å². The third-order valence-electron chi connectivity index (χ3n) is 3.16. The Morgan fingerprint density at radius 3 is 2.44 bits per heavy atom. The lowest BCUT2D eigenvalue weighted by Crippen LogP contribution is -2.31. The molecule has 0 aliphatic rings. The van der Waals surface area contributed by atoms with Crippen LogP contribution in [0.5, 0.6) is 5.75 Å². The molecule has 2 aromatic rings. The molecule has 0 spiro atoms. The summed E-state index contributed by atoms with van der Waals surface area (Å²) in [5.41, 5.74) is 9.17. The lowest BCUT2D eigenvalue weighted by Gasteiger charge is -2.21. The molecule has 0 atom stereocenters. The number of hydrogen-bond acceptors (Lipinski definition) is 2. The summed E-state index contributed by atoms with van der Waals surface area (Å²) < 4.78 is 8.65. The van der Waals surface area contributed by atoms with Crippen molar-refractivity contribution in [1.82, 2.24) is 4.57 Å². The number of aromatic nitrogens is 1. The predicted molar refractivity (Wildman–Crippen MR) is 79.1 cm³/mol. The molecule has 2 rings (SSSR count). The second-order valence-corrected chi connectivity index (χ2v) is 6.10. The van der Waals surface area contributed by atoms with Gasteiger partial charge in [-0.25, -0.2) is 0 Å². The zero-order valence-corrected chi connectivity index (χ0v) is 13.1. The van der Waals surface area contributed by atoms with Crippen LogP contribution in [0.2, 0.25) is 0 Å². The molecular weight excluding hydrogens is 292 g/mol. The van der Waals surface area contributed by atoms with Gasteiger partial charge in [0.15, 0.2) is 0 Å². The van der Waals surface area contributed by atoms with Gasteiger partial charge in [0.2, 0.25) is 0 Å². The fourth-order valence-electron chi connectivity index (χ4n) is 2.52. The van der Waals surface area contributed by atoms with Gasteiger partial charge in [0.1, 0.15) is 5.75 Å². The molecule has 3 nitrogen and oxygen atoms in total. The van der Waals surface area contributed by atoms with E-state index in [2.05, 4.69) is 33.5 Å². The minimum atomic E-state index is -0.411. The molecule has 0 amide bonds. The summed E-state index contributed by atoms with van der Waals surface area (Å²) >= 11 is 3.68. The van der Waals surface area contributed by atoms with Crippen LogP contribution in [0.1, 0.15) is 25.1 Å². The van der Waals surface area contributed by atoms with E-state index in [1.165, 1.54) is 5.56 Å². The Hall–Kier alpha value is -1.00. The lowest BCUT2D eigenvalue weighted by molar-refractivity contribution is 0.416. The quantitative estimate of drug-likeness (QED) is 0.923. The highest BCUT2D eigenvalue weighted by Crippen LogP contribution is 2.39. The number of fused-ring (bicyclic) bond motifs is 1. The van der Waals surface area contributed by atoms with Crippen LogP contribution in [0.4, 0.5) is 0 Å². The SMILES string of the molecule is COc1cc(C)cc2c(Br)c(C(C)(C)N)n(C)c12. The molecule has 1 aromatic carbocycles. The van der Waals surface area contributed by atoms with Crippen molar-refractivity contribution in [2.45, 2.75) is 26.3 Å². The van der Waals surface area contributed by atoms with Gasteiger partial charge in [-0.15, -0.1) is 0 Å². The summed E-state index contributed by atoms with van der Waals surface area (Å²) in [6.07, 6.45) is 0. The van der Waals surface area contributed by atoms with Gasteiger partial charge in [-0.3, -0.25) is 0 Å². The molecule has 18 heavy (non-hydrogen) atoms. The minimum absolute atomic E-state index is 0.411. The van der Waals surface area contributed by atoms with E-state index in [0.29, 0.717) is 0 Å². The van der Waals surface area contributed by atoms with Crippen molar-refractivity contribution >= 4 is 26.8 Å². The lowest BCUT2D eigenvalue weighted by atomic mass is 10.0. The Balaban J connectivity index is 2.94. The van der Waals surface area contributed by atoms with Gasteiger partial charge in [0, 0.05) is 16.9 Å². The molecule has 98 valence electrons. The number of ether oxygens (including phenoxy) is 1. The Bertz CT molecular complexity index is 609. The predicted octanol–water partition coefficient (Wildman–Crippen LogP) is 3.45. The number of nitrogens with two attached hydrogens (primary N) is 1. The van der Waals surface area contributed by atoms with Gasteiger partial charge in [-0.2, -0.15) is 0 Å². The zero-order valence-electron chi connectivity index (χ0n) is 11.5. The first-order valence-electron chi connectivity index (χ1n) is 5.89. The molecule has 1 heterocycles. The molecule has 4 heteroatoms. The molecule has 0 aliphatic heterocycles. The number of rotatable bonds is 2. The smallest absolute Gasteiger partial charge is 0.143 e.